The number of nitrogens with one attached hydrogen (secondary N) is 1. The van der Waals surface area contributed by atoms with Gasteiger partial charge in [0.15, 0.2) is 5.75 Å². The summed E-state index contributed by atoms with van der Waals surface area (Å²) in [6, 6.07) is 3.64. The zero-order valence-corrected chi connectivity index (χ0v) is 16.0. The van der Waals surface area contributed by atoms with E-state index in [9.17, 15) is 8.42 Å². The Balaban J connectivity index is 1.73. The quantitative estimate of drug-likeness (QED) is 0.848. The summed E-state index contributed by atoms with van der Waals surface area (Å²) in [5.74, 6) is 1.98. The highest BCUT2D eigenvalue weighted by Gasteiger charge is 2.24. The molecule has 1 saturated heterocycles. The van der Waals surface area contributed by atoms with Crippen LogP contribution in [0.1, 0.15) is 24.1 Å². The van der Waals surface area contributed by atoms with E-state index in [-0.39, 0.29) is 6.04 Å². The summed E-state index contributed by atoms with van der Waals surface area (Å²) in [7, 11) is -3.18. The molecule has 9 heteroatoms. The Morgan fingerprint density at radius 1 is 1.19 bits per heavy atom. The van der Waals surface area contributed by atoms with Gasteiger partial charge in [0.25, 0.3) is 0 Å². The third-order valence-corrected chi connectivity index (χ3v) is 5.11. The lowest BCUT2D eigenvalue weighted by Gasteiger charge is -2.33. The van der Waals surface area contributed by atoms with Gasteiger partial charge in [-0.3, -0.25) is 4.98 Å². The van der Waals surface area contributed by atoms with E-state index in [1.54, 1.807) is 6.20 Å². The van der Waals surface area contributed by atoms with Crippen molar-refractivity contribution in [3.63, 3.8) is 0 Å². The van der Waals surface area contributed by atoms with Gasteiger partial charge in [0.05, 0.1) is 17.5 Å². The number of aryl methyl sites for hydroxylation is 1. The molecule has 3 heterocycles. The van der Waals surface area contributed by atoms with Gasteiger partial charge in [-0.15, -0.1) is 0 Å². The zero-order chi connectivity index (χ0) is 18.7. The first-order chi connectivity index (χ1) is 12.3. The van der Waals surface area contributed by atoms with Crippen molar-refractivity contribution in [2.75, 3.05) is 24.2 Å². The first-order valence-corrected chi connectivity index (χ1v) is 10.4. The molecule has 1 aliphatic heterocycles. The van der Waals surface area contributed by atoms with Crippen LogP contribution in [-0.4, -0.2) is 48.8 Å². The fourth-order valence-corrected chi connectivity index (χ4v) is 3.88. The molecule has 1 N–H and O–H groups in total. The molecule has 0 atom stereocenters. The summed E-state index contributed by atoms with van der Waals surface area (Å²) in [4.78, 5) is 15.0. The first kappa shape index (κ1) is 18.5. The number of hydrogen-bond acceptors (Lipinski definition) is 7. The van der Waals surface area contributed by atoms with Gasteiger partial charge in [0.1, 0.15) is 12.1 Å². The molecular formula is C17H23N5O3S. The van der Waals surface area contributed by atoms with E-state index < -0.39 is 10.0 Å². The van der Waals surface area contributed by atoms with E-state index in [1.165, 1.54) is 12.6 Å². The van der Waals surface area contributed by atoms with Crippen LogP contribution in [0.5, 0.6) is 11.6 Å². The van der Waals surface area contributed by atoms with Gasteiger partial charge in [-0.05, 0) is 38.8 Å². The third-order valence-electron chi connectivity index (χ3n) is 4.35. The van der Waals surface area contributed by atoms with Crippen molar-refractivity contribution in [2.24, 2.45) is 0 Å². The predicted molar refractivity (Wildman–Crippen MR) is 99.0 cm³/mol. The number of sulfonamides is 1. The standard InChI is InChI=1S/C17H23N5O3S/c1-12-16(22-9-6-14(7-10-22)21-26(3,23)24)19-11-20-17(12)25-15-5-4-8-18-13(15)2/h4-5,8,11,14,21H,6-7,9-10H2,1-3H3. The number of ether oxygens (including phenoxy) is 1. The Hall–Kier alpha value is -2.26. The highest BCUT2D eigenvalue weighted by atomic mass is 32.2. The average molecular weight is 377 g/mol. The second-order valence-electron chi connectivity index (χ2n) is 6.47. The van der Waals surface area contributed by atoms with E-state index in [4.69, 9.17) is 4.74 Å². The number of rotatable bonds is 5. The molecule has 1 aliphatic rings. The van der Waals surface area contributed by atoms with Crippen LogP contribution in [0, 0.1) is 13.8 Å². The van der Waals surface area contributed by atoms with Crippen LogP contribution in [-0.2, 0) is 10.0 Å². The molecule has 1 fully saturated rings. The van der Waals surface area contributed by atoms with Gasteiger partial charge in [0.2, 0.25) is 15.9 Å². The highest BCUT2D eigenvalue weighted by molar-refractivity contribution is 7.88. The zero-order valence-electron chi connectivity index (χ0n) is 15.1. The van der Waals surface area contributed by atoms with Crippen LogP contribution in [0.25, 0.3) is 0 Å². The van der Waals surface area contributed by atoms with Gasteiger partial charge in [-0.25, -0.2) is 23.1 Å². The molecule has 0 aliphatic carbocycles. The maximum atomic E-state index is 11.4. The number of anilines is 1. The Morgan fingerprint density at radius 3 is 2.58 bits per heavy atom. The lowest BCUT2D eigenvalue weighted by Crippen LogP contribution is -2.44. The Kier molecular flexibility index (Phi) is 5.38. The molecule has 0 saturated carbocycles. The molecular weight excluding hydrogens is 354 g/mol. The van der Waals surface area contributed by atoms with Crippen molar-refractivity contribution in [3.8, 4) is 11.6 Å². The Morgan fingerprint density at radius 2 is 1.92 bits per heavy atom. The van der Waals surface area contributed by atoms with E-state index in [0.717, 1.165) is 43.0 Å². The van der Waals surface area contributed by atoms with Crippen molar-refractivity contribution in [1.82, 2.24) is 19.7 Å². The largest absolute Gasteiger partial charge is 0.437 e. The first-order valence-electron chi connectivity index (χ1n) is 8.47. The second-order valence-corrected chi connectivity index (χ2v) is 8.25. The summed E-state index contributed by atoms with van der Waals surface area (Å²) < 4.78 is 31.4. The smallest absolute Gasteiger partial charge is 0.227 e. The number of aromatic nitrogens is 3. The van der Waals surface area contributed by atoms with Crippen LogP contribution < -0.4 is 14.4 Å². The molecule has 0 spiro atoms. The van der Waals surface area contributed by atoms with Crippen LogP contribution in [0.3, 0.4) is 0 Å². The van der Waals surface area contributed by atoms with Crippen molar-refractivity contribution in [2.45, 2.75) is 32.7 Å². The summed E-state index contributed by atoms with van der Waals surface area (Å²) >= 11 is 0. The summed E-state index contributed by atoms with van der Waals surface area (Å²) in [6.07, 6.45) is 5.86. The van der Waals surface area contributed by atoms with Crippen molar-refractivity contribution >= 4 is 15.8 Å². The minimum Gasteiger partial charge on any atom is -0.437 e. The Labute approximate surface area is 153 Å². The summed E-state index contributed by atoms with van der Waals surface area (Å²) in [5.41, 5.74) is 1.64. The monoisotopic (exact) mass is 377 g/mol. The fourth-order valence-electron chi connectivity index (χ4n) is 3.04. The molecule has 8 nitrogen and oxygen atoms in total. The molecule has 0 unspecified atom stereocenters. The van der Waals surface area contributed by atoms with E-state index in [2.05, 4.69) is 24.6 Å². The molecule has 3 rings (SSSR count). The average Bonchev–Trinajstić information content (AvgIpc) is 2.58. The van der Waals surface area contributed by atoms with Gasteiger partial charge in [-0.1, -0.05) is 0 Å². The minimum absolute atomic E-state index is 0.0304. The van der Waals surface area contributed by atoms with Crippen LogP contribution >= 0.6 is 0 Å². The molecule has 0 aromatic carbocycles. The number of pyridine rings is 1. The summed E-state index contributed by atoms with van der Waals surface area (Å²) in [6.45, 7) is 5.25. The molecule has 0 radical (unpaired) electrons. The lowest BCUT2D eigenvalue weighted by molar-refractivity contribution is 0.445. The summed E-state index contributed by atoms with van der Waals surface area (Å²) in [5, 5.41) is 0. The topological polar surface area (TPSA) is 97.3 Å². The van der Waals surface area contributed by atoms with Gasteiger partial charge < -0.3 is 9.64 Å². The van der Waals surface area contributed by atoms with Gasteiger partial charge >= 0.3 is 0 Å². The predicted octanol–water partition coefficient (Wildman–Crippen LogP) is 1.80. The van der Waals surface area contributed by atoms with E-state index in [1.807, 2.05) is 26.0 Å². The SMILES string of the molecule is Cc1ncccc1Oc1ncnc(N2CCC(NS(C)(=O)=O)CC2)c1C. The highest BCUT2D eigenvalue weighted by Crippen LogP contribution is 2.30. The number of hydrogen-bond donors (Lipinski definition) is 1. The van der Waals surface area contributed by atoms with Crippen LogP contribution in [0.2, 0.25) is 0 Å². The fraction of sp³-hybridized carbons (Fsp3) is 0.471. The van der Waals surface area contributed by atoms with E-state index >= 15 is 0 Å². The van der Waals surface area contributed by atoms with Gasteiger partial charge in [0, 0.05) is 25.3 Å². The van der Waals surface area contributed by atoms with Crippen LogP contribution in [0.15, 0.2) is 24.7 Å². The normalized spacial score (nSPS) is 15.9. The van der Waals surface area contributed by atoms with Crippen molar-refractivity contribution in [3.05, 3.63) is 35.9 Å². The minimum atomic E-state index is -3.18. The molecule has 140 valence electrons. The van der Waals surface area contributed by atoms with Gasteiger partial charge in [-0.2, -0.15) is 0 Å². The number of piperidine rings is 1. The second kappa shape index (κ2) is 7.55. The number of nitrogens with zero attached hydrogens (tertiary/aromatic N) is 4. The molecule has 26 heavy (non-hydrogen) atoms. The molecule has 2 aromatic heterocycles. The lowest BCUT2D eigenvalue weighted by atomic mass is 10.1. The Bertz CT molecular complexity index is 880. The molecule has 0 amide bonds. The molecule has 2 aromatic rings. The molecule has 0 bridgehead atoms. The van der Waals surface area contributed by atoms with Crippen molar-refractivity contribution < 1.29 is 13.2 Å². The third kappa shape index (κ3) is 4.47. The maximum Gasteiger partial charge on any atom is 0.227 e. The van der Waals surface area contributed by atoms with E-state index in [0.29, 0.717) is 11.6 Å². The maximum absolute atomic E-state index is 11.4. The van der Waals surface area contributed by atoms with Crippen LogP contribution in [0.4, 0.5) is 5.82 Å². The van der Waals surface area contributed by atoms with Crippen molar-refractivity contribution in [1.29, 1.82) is 0 Å².